The Morgan fingerprint density at radius 3 is 2.58 bits per heavy atom. The zero-order valence-electron chi connectivity index (χ0n) is 14.1. The van der Waals surface area contributed by atoms with Crippen LogP contribution in [-0.4, -0.2) is 61.7 Å². The maximum absolute atomic E-state index is 12.5. The number of carbonyl (C=O) groups is 2. The van der Waals surface area contributed by atoms with E-state index in [1.54, 1.807) is 0 Å². The van der Waals surface area contributed by atoms with Crippen molar-refractivity contribution in [1.82, 2.24) is 24.6 Å². The highest BCUT2D eigenvalue weighted by Crippen LogP contribution is 2.38. The van der Waals surface area contributed by atoms with Crippen LogP contribution in [0.3, 0.4) is 0 Å². The molecule has 2 saturated heterocycles. The summed E-state index contributed by atoms with van der Waals surface area (Å²) in [4.78, 5) is 25.4. The third-order valence-electron chi connectivity index (χ3n) is 5.19. The molecule has 8 heteroatoms. The van der Waals surface area contributed by atoms with E-state index < -0.39 is 0 Å². The Morgan fingerprint density at radius 1 is 1.17 bits per heavy atom. The summed E-state index contributed by atoms with van der Waals surface area (Å²) in [6.07, 6.45) is 5.98. The third kappa shape index (κ3) is 3.02. The van der Waals surface area contributed by atoms with Crippen molar-refractivity contribution in [2.75, 3.05) is 19.6 Å². The minimum atomic E-state index is -0.250. The standard InChI is InChI=1S/C15H23N5O.CH2O2/c1-11-15(21)19-9-5-6-12(19)14-17-16-13(20(11)14)10-18-7-3-2-4-8-18;2-1-3/h11-12H,2-10H2,1H3;1H,(H,2,3)/t11-,12-;/m0./s1. The molecule has 0 radical (unpaired) electrons. The summed E-state index contributed by atoms with van der Waals surface area (Å²) in [5, 5.41) is 15.8. The molecule has 24 heavy (non-hydrogen) atoms. The van der Waals surface area contributed by atoms with Crippen molar-refractivity contribution in [1.29, 1.82) is 0 Å². The fourth-order valence-electron chi connectivity index (χ4n) is 4.06. The summed E-state index contributed by atoms with van der Waals surface area (Å²) in [6, 6.07) is 0.0143. The van der Waals surface area contributed by atoms with Crippen LogP contribution in [0.15, 0.2) is 0 Å². The topological polar surface area (TPSA) is 91.6 Å². The van der Waals surface area contributed by atoms with Crippen LogP contribution >= 0.6 is 0 Å². The first-order valence-corrected chi connectivity index (χ1v) is 8.71. The summed E-state index contributed by atoms with van der Waals surface area (Å²) >= 11 is 0. The summed E-state index contributed by atoms with van der Waals surface area (Å²) in [5.74, 6) is 2.22. The van der Waals surface area contributed by atoms with E-state index in [1.807, 2.05) is 11.8 Å². The molecule has 1 aromatic heterocycles. The van der Waals surface area contributed by atoms with E-state index in [2.05, 4.69) is 19.7 Å². The van der Waals surface area contributed by atoms with Crippen LogP contribution in [-0.2, 0) is 16.1 Å². The maximum atomic E-state index is 12.5. The van der Waals surface area contributed by atoms with Gasteiger partial charge in [-0.3, -0.25) is 19.1 Å². The van der Waals surface area contributed by atoms with Gasteiger partial charge in [-0.05, 0) is 45.7 Å². The Hall–Kier alpha value is -1.96. The van der Waals surface area contributed by atoms with Crippen molar-refractivity contribution in [3.8, 4) is 0 Å². The summed E-state index contributed by atoms with van der Waals surface area (Å²) in [7, 11) is 0. The molecule has 0 bridgehead atoms. The van der Waals surface area contributed by atoms with Crippen LogP contribution in [0.1, 0.15) is 62.8 Å². The number of hydrogen-bond acceptors (Lipinski definition) is 5. The van der Waals surface area contributed by atoms with Crippen molar-refractivity contribution in [3.63, 3.8) is 0 Å². The molecule has 3 aliphatic heterocycles. The zero-order chi connectivity index (χ0) is 17.1. The second-order valence-electron chi connectivity index (χ2n) is 6.65. The normalized spacial score (nSPS) is 26.4. The van der Waals surface area contributed by atoms with Gasteiger partial charge in [0.1, 0.15) is 11.9 Å². The average molecular weight is 335 g/mol. The number of aromatic nitrogens is 3. The lowest BCUT2D eigenvalue weighted by atomic mass is 10.1. The second-order valence-corrected chi connectivity index (χ2v) is 6.65. The lowest BCUT2D eigenvalue weighted by Crippen LogP contribution is -2.43. The van der Waals surface area contributed by atoms with E-state index in [-0.39, 0.29) is 24.5 Å². The number of amides is 1. The van der Waals surface area contributed by atoms with Gasteiger partial charge in [-0.25, -0.2) is 0 Å². The zero-order valence-corrected chi connectivity index (χ0v) is 14.1. The number of hydrogen-bond donors (Lipinski definition) is 1. The van der Waals surface area contributed by atoms with Gasteiger partial charge in [0.15, 0.2) is 5.82 Å². The molecule has 0 spiro atoms. The van der Waals surface area contributed by atoms with Crippen molar-refractivity contribution in [3.05, 3.63) is 11.6 Å². The van der Waals surface area contributed by atoms with Gasteiger partial charge in [-0.1, -0.05) is 6.42 Å². The molecule has 3 aliphatic rings. The smallest absolute Gasteiger partial charge is 0.290 e. The van der Waals surface area contributed by atoms with E-state index in [0.717, 1.165) is 50.7 Å². The first-order chi connectivity index (χ1) is 11.7. The quantitative estimate of drug-likeness (QED) is 0.817. The van der Waals surface area contributed by atoms with Crippen molar-refractivity contribution < 1.29 is 14.7 Å². The van der Waals surface area contributed by atoms with E-state index >= 15 is 0 Å². The molecule has 132 valence electrons. The number of carboxylic acid groups (broad SMARTS) is 1. The fraction of sp³-hybridized carbons (Fsp3) is 0.750. The molecule has 8 nitrogen and oxygen atoms in total. The molecule has 0 saturated carbocycles. The van der Waals surface area contributed by atoms with Crippen molar-refractivity contribution in [2.24, 2.45) is 0 Å². The molecule has 1 amide bonds. The average Bonchev–Trinajstić information content (AvgIpc) is 3.21. The number of fused-ring (bicyclic) bond motifs is 3. The van der Waals surface area contributed by atoms with Crippen LogP contribution in [0.2, 0.25) is 0 Å². The van der Waals surface area contributed by atoms with E-state index in [4.69, 9.17) is 9.90 Å². The summed E-state index contributed by atoms with van der Waals surface area (Å²) in [5.41, 5.74) is 0. The number of nitrogens with zero attached hydrogens (tertiary/aromatic N) is 5. The molecule has 0 unspecified atom stereocenters. The molecule has 0 aromatic carbocycles. The number of piperidine rings is 1. The van der Waals surface area contributed by atoms with Crippen molar-refractivity contribution >= 4 is 12.4 Å². The lowest BCUT2D eigenvalue weighted by molar-refractivity contribution is -0.137. The maximum Gasteiger partial charge on any atom is 0.290 e. The van der Waals surface area contributed by atoms with Gasteiger partial charge in [0.2, 0.25) is 5.91 Å². The molecule has 2 atom stereocenters. The molecular formula is C16H25N5O3. The minimum absolute atomic E-state index is 0.149. The summed E-state index contributed by atoms with van der Waals surface area (Å²) < 4.78 is 2.11. The Labute approximate surface area is 141 Å². The van der Waals surface area contributed by atoms with Crippen LogP contribution in [0.5, 0.6) is 0 Å². The lowest BCUT2D eigenvalue weighted by Gasteiger charge is -2.35. The predicted molar refractivity (Wildman–Crippen MR) is 86.2 cm³/mol. The van der Waals surface area contributed by atoms with Gasteiger partial charge in [0.05, 0.1) is 12.6 Å². The van der Waals surface area contributed by atoms with E-state index in [1.165, 1.54) is 19.3 Å². The Morgan fingerprint density at radius 2 is 1.88 bits per heavy atom. The van der Waals surface area contributed by atoms with Crippen LogP contribution < -0.4 is 0 Å². The number of carbonyl (C=O) groups excluding carboxylic acids is 1. The Bertz CT molecular complexity index is 597. The Kier molecular flexibility index (Phi) is 5.13. The van der Waals surface area contributed by atoms with Crippen LogP contribution in [0.25, 0.3) is 0 Å². The third-order valence-corrected chi connectivity index (χ3v) is 5.19. The fourth-order valence-corrected chi connectivity index (χ4v) is 4.06. The minimum Gasteiger partial charge on any atom is -0.483 e. The van der Waals surface area contributed by atoms with E-state index in [9.17, 15) is 4.79 Å². The van der Waals surface area contributed by atoms with Gasteiger partial charge in [0.25, 0.3) is 6.47 Å². The number of likely N-dealkylation sites (tertiary alicyclic amines) is 1. The highest BCUT2D eigenvalue weighted by Gasteiger charge is 2.42. The van der Waals surface area contributed by atoms with E-state index in [0.29, 0.717) is 0 Å². The largest absolute Gasteiger partial charge is 0.483 e. The van der Waals surface area contributed by atoms with Crippen molar-refractivity contribution in [2.45, 2.75) is 57.7 Å². The molecule has 4 rings (SSSR count). The molecule has 1 aromatic rings. The molecule has 2 fully saturated rings. The Balaban J connectivity index is 0.000000526. The molecule has 0 aliphatic carbocycles. The SMILES string of the molecule is C[C@H]1C(=O)N2CCC[C@H]2c2nnc(CN3CCCCC3)n21.O=CO. The second kappa shape index (κ2) is 7.29. The highest BCUT2D eigenvalue weighted by molar-refractivity contribution is 5.82. The number of rotatable bonds is 2. The van der Waals surface area contributed by atoms with Gasteiger partial charge in [-0.2, -0.15) is 0 Å². The highest BCUT2D eigenvalue weighted by atomic mass is 16.3. The molecule has 4 heterocycles. The van der Waals surface area contributed by atoms with Gasteiger partial charge in [0, 0.05) is 6.54 Å². The van der Waals surface area contributed by atoms with Gasteiger partial charge < -0.3 is 10.0 Å². The van der Waals surface area contributed by atoms with Crippen LogP contribution in [0.4, 0.5) is 0 Å². The first-order valence-electron chi connectivity index (χ1n) is 8.71. The summed E-state index contributed by atoms with van der Waals surface area (Å²) in [6.45, 7) is 5.73. The first kappa shape index (κ1) is 16.9. The monoisotopic (exact) mass is 335 g/mol. The predicted octanol–water partition coefficient (Wildman–Crippen LogP) is 1.20. The van der Waals surface area contributed by atoms with Gasteiger partial charge >= 0.3 is 0 Å². The molecular weight excluding hydrogens is 310 g/mol. The van der Waals surface area contributed by atoms with Crippen LogP contribution in [0, 0.1) is 0 Å². The van der Waals surface area contributed by atoms with Gasteiger partial charge in [-0.15, -0.1) is 10.2 Å². The molecule has 1 N–H and O–H groups in total.